The van der Waals surface area contributed by atoms with E-state index in [1.54, 1.807) is 0 Å². The van der Waals surface area contributed by atoms with Crippen molar-refractivity contribution in [1.29, 1.82) is 0 Å². The molecular formula is C48H72N6O12. The number of carbonyl (C=O) groups is 7. The summed E-state index contributed by atoms with van der Waals surface area (Å²) in [4.78, 5) is 87.9. The van der Waals surface area contributed by atoms with E-state index in [-0.39, 0.29) is 60.3 Å². The lowest BCUT2D eigenvalue weighted by molar-refractivity contribution is -0.136. The Kier molecular flexibility index (Phi) is 20.5. The number of unbranched alkanes of at least 4 members (excludes halogenated alkanes) is 8. The molecule has 5 N–H and O–H groups in total. The molecule has 2 heterocycles. The third kappa shape index (κ3) is 15.7. The molecule has 1 aromatic carbocycles. The summed E-state index contributed by atoms with van der Waals surface area (Å²) < 4.78 is 27.6. The zero-order valence-electron chi connectivity index (χ0n) is 38.6. The molecule has 4 saturated carbocycles. The molecule has 66 heavy (non-hydrogen) atoms. The zero-order chi connectivity index (χ0) is 46.6. The Labute approximate surface area is 388 Å². The minimum Gasteiger partial charge on any atom is -0.483 e. The van der Waals surface area contributed by atoms with Crippen LogP contribution in [-0.2, 0) is 38.1 Å². The van der Waals surface area contributed by atoms with Crippen LogP contribution < -0.4 is 31.3 Å². The number of hydrogen-bond donors (Lipinski definition) is 5. The SMILES string of the molecule is O=C(CCCCCCCCCCCNC(=O)NC12CC3CC(CC(C3)C1)C2)NCCOCCOCCOCCOCCNC(=O)COc1cccc2c1C(=O)N(C1CCC(=O)NC1=O)C2=O. The van der Waals surface area contributed by atoms with E-state index in [2.05, 4.69) is 26.6 Å². The van der Waals surface area contributed by atoms with Gasteiger partial charge in [-0.25, -0.2) is 4.79 Å². The molecule has 1 unspecified atom stereocenters. The monoisotopic (exact) mass is 925 g/mol. The summed E-state index contributed by atoms with van der Waals surface area (Å²) in [7, 11) is 0. The van der Waals surface area contributed by atoms with Crippen LogP contribution in [0.3, 0.4) is 0 Å². The number of rotatable bonds is 32. The van der Waals surface area contributed by atoms with E-state index in [9.17, 15) is 33.6 Å². The summed E-state index contributed by atoms with van der Waals surface area (Å²) in [6.07, 6.45) is 18.4. The number of amides is 8. The van der Waals surface area contributed by atoms with Gasteiger partial charge in [0.1, 0.15) is 11.8 Å². The number of imide groups is 2. The van der Waals surface area contributed by atoms with Crippen LogP contribution in [0.5, 0.6) is 5.75 Å². The second kappa shape index (κ2) is 26.6. The normalized spacial score (nSPS) is 22.9. The van der Waals surface area contributed by atoms with E-state index in [0.717, 1.165) is 61.3 Å². The molecule has 8 amide bonds. The Morgan fingerprint density at radius 1 is 0.636 bits per heavy atom. The van der Waals surface area contributed by atoms with Crippen molar-refractivity contribution in [3.63, 3.8) is 0 Å². The molecule has 2 aliphatic heterocycles. The Morgan fingerprint density at radius 2 is 1.18 bits per heavy atom. The van der Waals surface area contributed by atoms with E-state index in [1.807, 2.05) is 0 Å². The summed E-state index contributed by atoms with van der Waals surface area (Å²) in [6, 6.07) is 3.38. The molecule has 7 rings (SSSR count). The van der Waals surface area contributed by atoms with E-state index < -0.39 is 42.2 Å². The molecule has 18 heteroatoms. The number of urea groups is 1. The second-order valence-electron chi connectivity index (χ2n) is 18.6. The van der Waals surface area contributed by atoms with Crippen molar-refractivity contribution < 1.29 is 57.2 Å². The van der Waals surface area contributed by atoms with Gasteiger partial charge in [0.15, 0.2) is 6.61 Å². The van der Waals surface area contributed by atoms with Crippen molar-refractivity contribution in [3.05, 3.63) is 29.3 Å². The highest BCUT2D eigenvalue weighted by atomic mass is 16.6. The first-order valence-electron chi connectivity index (χ1n) is 24.5. The van der Waals surface area contributed by atoms with Crippen molar-refractivity contribution in [3.8, 4) is 5.75 Å². The maximum Gasteiger partial charge on any atom is 0.315 e. The third-order valence-electron chi connectivity index (χ3n) is 13.3. The van der Waals surface area contributed by atoms with Crippen molar-refractivity contribution in [2.75, 3.05) is 79.1 Å². The molecule has 4 bridgehead atoms. The number of fused-ring (bicyclic) bond motifs is 1. The number of hydrogen-bond acceptors (Lipinski definition) is 12. The van der Waals surface area contributed by atoms with Gasteiger partial charge in [0.25, 0.3) is 17.7 Å². The van der Waals surface area contributed by atoms with E-state index in [0.29, 0.717) is 59.2 Å². The lowest BCUT2D eigenvalue weighted by atomic mass is 9.53. The number of carbonyl (C=O) groups excluding carboxylic acids is 7. The minimum atomic E-state index is -1.10. The van der Waals surface area contributed by atoms with Gasteiger partial charge in [0.2, 0.25) is 17.7 Å². The van der Waals surface area contributed by atoms with Crippen LogP contribution in [0, 0.1) is 17.8 Å². The quantitative estimate of drug-likeness (QED) is 0.0512. The zero-order valence-corrected chi connectivity index (χ0v) is 38.6. The first-order chi connectivity index (χ1) is 32.1. The average molecular weight is 925 g/mol. The first kappa shape index (κ1) is 50.8. The van der Waals surface area contributed by atoms with Crippen molar-refractivity contribution >= 4 is 41.5 Å². The molecule has 0 radical (unpaired) electrons. The number of ether oxygens (including phenoxy) is 5. The molecule has 1 saturated heterocycles. The van der Waals surface area contributed by atoms with Gasteiger partial charge in [0.05, 0.1) is 64.0 Å². The maximum atomic E-state index is 13.2. The van der Waals surface area contributed by atoms with Gasteiger partial charge in [-0.15, -0.1) is 0 Å². The highest BCUT2D eigenvalue weighted by Gasteiger charge is 2.51. The number of nitrogens with one attached hydrogen (secondary N) is 5. The topological polar surface area (TPSA) is 229 Å². The molecule has 6 aliphatic rings. The maximum absolute atomic E-state index is 13.2. The second-order valence-corrected chi connectivity index (χ2v) is 18.6. The molecule has 0 aromatic heterocycles. The van der Waals surface area contributed by atoms with Crippen molar-refractivity contribution in [2.45, 2.75) is 127 Å². The summed E-state index contributed by atoms with van der Waals surface area (Å²) in [5.74, 6) is -0.396. The van der Waals surface area contributed by atoms with Crippen LogP contribution in [-0.4, -0.2) is 137 Å². The molecule has 4 aliphatic carbocycles. The predicted octanol–water partition coefficient (Wildman–Crippen LogP) is 3.93. The summed E-state index contributed by atoms with van der Waals surface area (Å²) in [5, 5.41) is 14.2. The highest BCUT2D eigenvalue weighted by Crippen LogP contribution is 2.55. The van der Waals surface area contributed by atoms with Gasteiger partial charge in [0, 0.05) is 38.0 Å². The van der Waals surface area contributed by atoms with E-state index in [4.69, 9.17) is 23.7 Å². The average Bonchev–Trinajstić information content (AvgIpc) is 3.53. The Morgan fingerprint density at radius 3 is 1.77 bits per heavy atom. The third-order valence-corrected chi connectivity index (χ3v) is 13.3. The molecular weight excluding hydrogens is 853 g/mol. The van der Waals surface area contributed by atoms with Crippen LogP contribution in [0.15, 0.2) is 18.2 Å². The van der Waals surface area contributed by atoms with Crippen LogP contribution in [0.1, 0.15) is 136 Å². The molecule has 1 aromatic rings. The predicted molar refractivity (Wildman–Crippen MR) is 242 cm³/mol. The molecule has 0 spiro atoms. The lowest BCUT2D eigenvalue weighted by Crippen LogP contribution is -2.61. The first-order valence-corrected chi connectivity index (χ1v) is 24.5. The Hall–Kier alpha value is -4.65. The van der Waals surface area contributed by atoms with Gasteiger partial charge in [-0.1, -0.05) is 51.0 Å². The van der Waals surface area contributed by atoms with Crippen LogP contribution in [0.25, 0.3) is 0 Å². The standard InChI is InChI=1S/C48H72N6O12/c55-40(13-8-6-4-2-1-3-5-7-9-16-51-47(61)53-48-30-34-27-35(31-48)29-36(28-34)32-48)49-17-19-62-21-23-64-25-26-65-24-22-63-20-18-50-42(57)33-66-39-12-10-11-37-43(39)46(60)54(45(37)59)38-14-15-41(56)52-44(38)58/h10-12,34-36,38H,1-9,13-33H2,(H,49,55)(H,50,57)(H2,51,53,61)(H,52,56,58). The smallest absolute Gasteiger partial charge is 0.315 e. The Balaban J connectivity index is 0.639. The number of benzene rings is 1. The lowest BCUT2D eigenvalue weighted by Gasteiger charge is -2.56. The van der Waals surface area contributed by atoms with Gasteiger partial charge in [-0.3, -0.25) is 39.0 Å². The van der Waals surface area contributed by atoms with Crippen molar-refractivity contribution in [2.24, 2.45) is 17.8 Å². The number of nitrogens with zero attached hydrogens (tertiary/aromatic N) is 1. The van der Waals surface area contributed by atoms with Gasteiger partial charge in [-0.05, 0) is 87.7 Å². The summed E-state index contributed by atoms with van der Waals surface area (Å²) in [5.41, 5.74) is 0.114. The molecule has 18 nitrogen and oxygen atoms in total. The fourth-order valence-corrected chi connectivity index (χ4v) is 10.6. The van der Waals surface area contributed by atoms with E-state index in [1.165, 1.54) is 82.4 Å². The van der Waals surface area contributed by atoms with Gasteiger partial charge in [-0.2, -0.15) is 0 Å². The molecule has 1 atom stereocenters. The molecule has 5 fully saturated rings. The Bertz CT molecular complexity index is 1770. The fraction of sp³-hybridized carbons (Fsp3) is 0.729. The highest BCUT2D eigenvalue weighted by molar-refractivity contribution is 6.24. The van der Waals surface area contributed by atoms with Crippen LogP contribution in [0.4, 0.5) is 4.79 Å². The van der Waals surface area contributed by atoms with Gasteiger partial charge >= 0.3 is 6.03 Å². The van der Waals surface area contributed by atoms with Crippen molar-refractivity contribution in [1.82, 2.24) is 31.5 Å². The van der Waals surface area contributed by atoms with Gasteiger partial charge < -0.3 is 45.0 Å². The van der Waals surface area contributed by atoms with Crippen LogP contribution >= 0.6 is 0 Å². The largest absolute Gasteiger partial charge is 0.483 e. The summed E-state index contributed by atoms with van der Waals surface area (Å²) in [6.45, 7) is 3.98. The molecule has 366 valence electrons. The van der Waals surface area contributed by atoms with E-state index >= 15 is 0 Å². The van der Waals surface area contributed by atoms with Crippen LogP contribution in [0.2, 0.25) is 0 Å². The minimum absolute atomic E-state index is 0.0101. The fourth-order valence-electron chi connectivity index (χ4n) is 10.6. The summed E-state index contributed by atoms with van der Waals surface area (Å²) >= 11 is 0. The number of piperidine rings is 1.